The predicted molar refractivity (Wildman–Crippen MR) is 90.6 cm³/mol. The number of nitrogens with two attached hydrogens (primary N) is 1. The molecule has 0 heterocycles. The number of phenols is 1. The SMILES string of the molecule is C/C(=N\NC(=O)c1ccc(Cl)c(S(N)(=O)=O)c1)c1cc(F)ccc1O. The molecule has 2 rings (SSSR count). The molecule has 1 amide bonds. The van der Waals surface area contributed by atoms with E-state index in [4.69, 9.17) is 16.7 Å². The molecule has 0 spiro atoms. The van der Waals surface area contributed by atoms with Gasteiger partial charge in [-0.2, -0.15) is 5.10 Å². The van der Waals surface area contributed by atoms with E-state index in [9.17, 15) is 22.7 Å². The standard InChI is InChI=1S/C15H13ClFN3O4S/c1-8(11-7-10(17)3-5-13(11)21)19-20-15(22)9-2-4-12(16)14(6-9)25(18,23)24/h2-7,21H,1H3,(H,20,22)(H2,18,23,24)/b19-8+. The number of carbonyl (C=O) groups excluding carboxylic acids is 1. The van der Waals surface area contributed by atoms with E-state index in [0.29, 0.717) is 0 Å². The second-order valence-corrected chi connectivity index (χ2v) is 6.93. The molecule has 0 bridgehead atoms. The zero-order chi connectivity index (χ0) is 18.8. The smallest absolute Gasteiger partial charge is 0.271 e. The molecular weight excluding hydrogens is 373 g/mol. The Labute approximate surface area is 148 Å². The lowest BCUT2D eigenvalue weighted by atomic mass is 10.1. The van der Waals surface area contributed by atoms with E-state index in [2.05, 4.69) is 10.5 Å². The summed E-state index contributed by atoms with van der Waals surface area (Å²) in [5.74, 6) is -1.53. The van der Waals surface area contributed by atoms with Crippen molar-refractivity contribution in [2.24, 2.45) is 10.2 Å². The molecule has 0 saturated carbocycles. The van der Waals surface area contributed by atoms with Gasteiger partial charge in [-0.1, -0.05) is 11.6 Å². The van der Waals surface area contributed by atoms with Gasteiger partial charge < -0.3 is 5.11 Å². The third-order valence-electron chi connectivity index (χ3n) is 3.17. The number of halogens is 2. The monoisotopic (exact) mass is 385 g/mol. The van der Waals surface area contributed by atoms with E-state index < -0.39 is 26.6 Å². The molecule has 0 aliphatic rings. The van der Waals surface area contributed by atoms with Gasteiger partial charge in [-0.25, -0.2) is 23.4 Å². The molecule has 7 nitrogen and oxygen atoms in total. The second-order valence-electron chi connectivity index (χ2n) is 4.99. The molecule has 0 aliphatic carbocycles. The van der Waals surface area contributed by atoms with Gasteiger partial charge in [-0.15, -0.1) is 0 Å². The first-order chi connectivity index (χ1) is 11.6. The Hall–Kier alpha value is -2.49. The summed E-state index contributed by atoms with van der Waals surface area (Å²) in [7, 11) is -4.10. The number of benzene rings is 2. The lowest BCUT2D eigenvalue weighted by Crippen LogP contribution is -2.20. The largest absolute Gasteiger partial charge is 0.507 e. The number of nitrogens with one attached hydrogen (secondary N) is 1. The van der Waals surface area contributed by atoms with E-state index >= 15 is 0 Å². The van der Waals surface area contributed by atoms with Crippen LogP contribution in [-0.2, 0) is 10.0 Å². The maximum Gasteiger partial charge on any atom is 0.271 e. The van der Waals surface area contributed by atoms with Crippen molar-refractivity contribution in [2.45, 2.75) is 11.8 Å². The molecule has 132 valence electrons. The first-order valence-corrected chi connectivity index (χ1v) is 8.68. The first-order valence-electron chi connectivity index (χ1n) is 6.75. The van der Waals surface area contributed by atoms with Crippen LogP contribution in [0, 0.1) is 5.82 Å². The van der Waals surface area contributed by atoms with Crippen molar-refractivity contribution in [3.63, 3.8) is 0 Å². The molecule has 25 heavy (non-hydrogen) atoms. The summed E-state index contributed by atoms with van der Waals surface area (Å²) in [5, 5.41) is 18.4. The second kappa shape index (κ2) is 7.18. The van der Waals surface area contributed by atoms with Crippen LogP contribution in [0.4, 0.5) is 4.39 Å². The normalized spacial score (nSPS) is 12.1. The number of nitrogens with zero attached hydrogens (tertiary/aromatic N) is 1. The molecule has 10 heteroatoms. The molecule has 0 radical (unpaired) electrons. The van der Waals surface area contributed by atoms with Crippen LogP contribution in [0.3, 0.4) is 0 Å². The van der Waals surface area contributed by atoms with Crippen molar-refractivity contribution in [2.75, 3.05) is 0 Å². The molecule has 4 N–H and O–H groups in total. The number of rotatable bonds is 4. The van der Waals surface area contributed by atoms with Gasteiger partial charge >= 0.3 is 0 Å². The van der Waals surface area contributed by atoms with Crippen LogP contribution >= 0.6 is 11.6 Å². The van der Waals surface area contributed by atoms with Crippen molar-refractivity contribution in [1.82, 2.24) is 5.43 Å². The summed E-state index contributed by atoms with van der Waals surface area (Å²) in [4.78, 5) is 11.7. The summed E-state index contributed by atoms with van der Waals surface area (Å²) in [6.07, 6.45) is 0. The Morgan fingerprint density at radius 2 is 1.96 bits per heavy atom. The van der Waals surface area contributed by atoms with Crippen LogP contribution in [0.15, 0.2) is 46.4 Å². The number of phenolic OH excluding ortho intramolecular Hbond substituents is 1. The molecule has 0 saturated heterocycles. The zero-order valence-corrected chi connectivity index (χ0v) is 14.4. The fourth-order valence-electron chi connectivity index (χ4n) is 1.92. The molecule has 0 atom stereocenters. The van der Waals surface area contributed by atoms with Crippen molar-refractivity contribution >= 4 is 33.2 Å². The maximum absolute atomic E-state index is 13.2. The highest BCUT2D eigenvalue weighted by atomic mass is 35.5. The Kier molecular flexibility index (Phi) is 5.41. The average molecular weight is 386 g/mol. The molecule has 0 fully saturated rings. The molecule has 2 aromatic carbocycles. The first kappa shape index (κ1) is 18.8. The molecule has 0 aliphatic heterocycles. The quantitative estimate of drug-likeness (QED) is 0.550. The third-order valence-corrected chi connectivity index (χ3v) is 4.57. The molecule has 2 aromatic rings. The lowest BCUT2D eigenvalue weighted by Gasteiger charge is -2.07. The van der Waals surface area contributed by atoms with Crippen molar-refractivity contribution in [3.05, 3.63) is 58.4 Å². The van der Waals surface area contributed by atoms with Gasteiger partial charge in [0, 0.05) is 11.1 Å². The fourth-order valence-corrected chi connectivity index (χ4v) is 2.99. The van der Waals surface area contributed by atoms with Crippen molar-refractivity contribution < 1.29 is 22.7 Å². The number of carbonyl (C=O) groups is 1. The maximum atomic E-state index is 13.2. The number of primary sulfonamides is 1. The van der Waals surface area contributed by atoms with Gasteiger partial charge in [-0.3, -0.25) is 4.79 Å². The van der Waals surface area contributed by atoms with Gasteiger partial charge in [0.2, 0.25) is 10.0 Å². The Morgan fingerprint density at radius 3 is 2.60 bits per heavy atom. The Morgan fingerprint density at radius 1 is 1.28 bits per heavy atom. The zero-order valence-electron chi connectivity index (χ0n) is 12.8. The third kappa shape index (κ3) is 4.53. The van der Waals surface area contributed by atoms with Gasteiger partial charge in [0.1, 0.15) is 16.5 Å². The minimum Gasteiger partial charge on any atom is -0.507 e. The summed E-state index contributed by atoms with van der Waals surface area (Å²) in [5.41, 5.74) is 2.37. The van der Waals surface area contributed by atoms with Crippen LogP contribution in [0.2, 0.25) is 5.02 Å². The molecular formula is C15H13ClFN3O4S. The fraction of sp³-hybridized carbons (Fsp3) is 0.0667. The number of aromatic hydroxyl groups is 1. The number of hydrogen-bond donors (Lipinski definition) is 3. The van der Waals surface area contributed by atoms with Gasteiger partial charge in [-0.05, 0) is 43.3 Å². The number of sulfonamides is 1. The number of hydrogen-bond acceptors (Lipinski definition) is 5. The predicted octanol–water partition coefficient (Wildman–Crippen LogP) is 1.99. The van der Waals surface area contributed by atoms with Crippen LogP contribution in [0.1, 0.15) is 22.8 Å². The summed E-state index contributed by atoms with van der Waals surface area (Å²) < 4.78 is 36.1. The lowest BCUT2D eigenvalue weighted by molar-refractivity contribution is 0.0954. The van der Waals surface area contributed by atoms with Gasteiger partial charge in [0.15, 0.2) is 0 Å². The number of hydrazone groups is 1. The van der Waals surface area contributed by atoms with E-state index in [0.717, 1.165) is 24.3 Å². The average Bonchev–Trinajstić information content (AvgIpc) is 2.53. The highest BCUT2D eigenvalue weighted by molar-refractivity contribution is 7.89. The minimum atomic E-state index is -4.10. The summed E-state index contributed by atoms with van der Waals surface area (Å²) in [6.45, 7) is 1.45. The summed E-state index contributed by atoms with van der Waals surface area (Å²) >= 11 is 5.74. The van der Waals surface area contributed by atoms with E-state index in [-0.39, 0.29) is 27.6 Å². The van der Waals surface area contributed by atoms with Crippen molar-refractivity contribution in [1.29, 1.82) is 0 Å². The van der Waals surface area contributed by atoms with E-state index in [1.807, 2.05) is 0 Å². The van der Waals surface area contributed by atoms with Crippen LogP contribution in [0.5, 0.6) is 5.75 Å². The van der Waals surface area contributed by atoms with E-state index in [1.165, 1.54) is 19.1 Å². The van der Waals surface area contributed by atoms with Crippen LogP contribution in [-0.4, -0.2) is 25.1 Å². The topological polar surface area (TPSA) is 122 Å². The molecule has 0 aromatic heterocycles. The van der Waals surface area contributed by atoms with Crippen LogP contribution < -0.4 is 10.6 Å². The van der Waals surface area contributed by atoms with Gasteiger partial charge in [0.25, 0.3) is 5.91 Å². The highest BCUT2D eigenvalue weighted by Crippen LogP contribution is 2.22. The number of amides is 1. The van der Waals surface area contributed by atoms with Crippen molar-refractivity contribution in [3.8, 4) is 5.75 Å². The van der Waals surface area contributed by atoms with Gasteiger partial charge in [0.05, 0.1) is 10.7 Å². The highest BCUT2D eigenvalue weighted by Gasteiger charge is 2.16. The Balaban J connectivity index is 2.27. The van der Waals surface area contributed by atoms with Crippen LogP contribution in [0.25, 0.3) is 0 Å². The Bertz CT molecular complexity index is 977. The molecule has 0 unspecified atom stereocenters. The summed E-state index contributed by atoms with van der Waals surface area (Å²) in [6, 6.07) is 6.80. The van der Waals surface area contributed by atoms with E-state index in [1.54, 1.807) is 0 Å². The minimum absolute atomic E-state index is 0.0477.